The second-order valence-electron chi connectivity index (χ2n) is 3.57. The van der Waals surface area contributed by atoms with Crippen molar-refractivity contribution >= 4 is 42.0 Å². The number of hydrogen-bond donors (Lipinski definition) is 1. The summed E-state index contributed by atoms with van der Waals surface area (Å²) in [5.41, 5.74) is 0. The molecule has 98 valence electrons. The maximum Gasteiger partial charge on any atom is 0.416 e. The number of amides is 2. The van der Waals surface area contributed by atoms with Gasteiger partial charge < -0.3 is 4.74 Å². The first-order valence-electron chi connectivity index (χ1n) is 5.48. The van der Waals surface area contributed by atoms with Gasteiger partial charge >= 0.3 is 6.09 Å². The quantitative estimate of drug-likeness (QED) is 0.626. The second kappa shape index (κ2) is 7.29. The standard InChI is InChI=1S/C10H18NO3PS2/c1-5-10(6-2,15(16)17)8(12)11(4)9(13)14-7-3/h5-7H2,1-4H3/p+1. The Kier molecular flexibility index (Phi) is 7.21. The first kappa shape index (κ1) is 16.8. The summed E-state index contributed by atoms with van der Waals surface area (Å²) >= 11 is 9.46. The SMILES string of the molecule is CCOC(=O)N(C)C(=O)C(CC)(CC)[P+](=S)S. The molecule has 0 saturated carbocycles. The fourth-order valence-electron chi connectivity index (χ4n) is 1.52. The Hall–Kier alpha value is -0.190. The number of imide groups is 1. The van der Waals surface area contributed by atoms with Gasteiger partial charge in [-0.05, 0) is 6.92 Å². The summed E-state index contributed by atoms with van der Waals surface area (Å²) in [7, 11) is 1.42. The maximum atomic E-state index is 12.3. The van der Waals surface area contributed by atoms with Gasteiger partial charge in [0.05, 0.1) is 18.9 Å². The van der Waals surface area contributed by atoms with E-state index in [0.29, 0.717) is 12.8 Å². The molecule has 0 rings (SSSR count). The van der Waals surface area contributed by atoms with Crippen molar-refractivity contribution in [3.05, 3.63) is 0 Å². The minimum absolute atomic E-state index is 0.241. The van der Waals surface area contributed by atoms with Crippen LogP contribution < -0.4 is 0 Å². The Morgan fingerprint density at radius 1 is 1.35 bits per heavy atom. The monoisotopic (exact) mass is 296 g/mol. The van der Waals surface area contributed by atoms with Gasteiger partial charge in [-0.3, -0.25) is 4.79 Å². The van der Waals surface area contributed by atoms with Crippen molar-refractivity contribution in [2.24, 2.45) is 0 Å². The number of nitrogens with zero attached hydrogens (tertiary/aromatic N) is 1. The van der Waals surface area contributed by atoms with Gasteiger partial charge in [-0.25, -0.2) is 9.69 Å². The lowest BCUT2D eigenvalue weighted by atomic mass is 10.0. The van der Waals surface area contributed by atoms with E-state index < -0.39 is 17.1 Å². The molecule has 2 amide bonds. The third-order valence-corrected chi connectivity index (χ3v) is 6.53. The van der Waals surface area contributed by atoms with Gasteiger partial charge in [0.25, 0.3) is 11.8 Å². The minimum Gasteiger partial charge on any atom is -0.449 e. The summed E-state index contributed by atoms with van der Waals surface area (Å²) in [6.07, 6.45) is 0.513. The summed E-state index contributed by atoms with van der Waals surface area (Å²) in [5.74, 6) is -1.47. The van der Waals surface area contributed by atoms with Crippen LogP contribution in [0.2, 0.25) is 0 Å². The predicted molar refractivity (Wildman–Crippen MR) is 76.4 cm³/mol. The largest absolute Gasteiger partial charge is 0.449 e. The van der Waals surface area contributed by atoms with E-state index in [1.54, 1.807) is 6.92 Å². The molecule has 0 N–H and O–H groups in total. The average molecular weight is 296 g/mol. The van der Waals surface area contributed by atoms with Crippen LogP contribution in [0.3, 0.4) is 0 Å². The zero-order valence-electron chi connectivity index (χ0n) is 10.6. The molecule has 0 fully saturated rings. The van der Waals surface area contributed by atoms with E-state index in [1.807, 2.05) is 13.8 Å². The first-order valence-corrected chi connectivity index (χ1v) is 8.99. The zero-order valence-corrected chi connectivity index (χ0v) is 13.2. The fourth-order valence-corrected chi connectivity index (χ4v) is 4.49. The van der Waals surface area contributed by atoms with Crippen LogP contribution in [-0.2, 0) is 21.3 Å². The van der Waals surface area contributed by atoms with Gasteiger partial charge in [0.2, 0.25) is 5.16 Å². The number of carbonyl (C=O) groups is 2. The normalized spacial score (nSPS) is 11.9. The van der Waals surface area contributed by atoms with Gasteiger partial charge in [0.15, 0.2) is 11.8 Å². The zero-order chi connectivity index (χ0) is 13.6. The summed E-state index contributed by atoms with van der Waals surface area (Å²) < 4.78 is 4.80. The first-order chi connectivity index (χ1) is 7.87. The average Bonchev–Trinajstić information content (AvgIpc) is 2.30. The fraction of sp³-hybridized carbons (Fsp3) is 0.800. The Morgan fingerprint density at radius 2 is 1.82 bits per heavy atom. The molecule has 0 aliphatic rings. The highest BCUT2D eigenvalue weighted by Gasteiger charge is 2.50. The predicted octanol–water partition coefficient (Wildman–Crippen LogP) is 2.95. The Balaban J connectivity index is 5.10. The molecule has 1 unspecified atom stereocenters. The molecule has 0 aromatic rings. The summed E-state index contributed by atoms with van der Waals surface area (Å²) in [6, 6.07) is 0. The van der Waals surface area contributed by atoms with Crippen molar-refractivity contribution in [2.75, 3.05) is 13.7 Å². The lowest BCUT2D eigenvalue weighted by Crippen LogP contribution is -2.46. The molecule has 0 aromatic heterocycles. The lowest BCUT2D eigenvalue weighted by molar-refractivity contribution is -0.131. The van der Waals surface area contributed by atoms with Crippen LogP contribution in [0.15, 0.2) is 0 Å². The number of ether oxygens (including phenoxy) is 1. The smallest absolute Gasteiger partial charge is 0.416 e. The van der Waals surface area contributed by atoms with Gasteiger partial charge in [0, 0.05) is 19.9 Å². The Bertz CT molecular complexity index is 319. The van der Waals surface area contributed by atoms with Crippen LogP contribution in [0.5, 0.6) is 0 Å². The maximum absolute atomic E-state index is 12.3. The minimum atomic E-state index is -1.18. The Labute approximate surface area is 114 Å². The van der Waals surface area contributed by atoms with E-state index in [0.717, 1.165) is 4.90 Å². The van der Waals surface area contributed by atoms with Crippen molar-refractivity contribution < 1.29 is 14.3 Å². The molecule has 0 radical (unpaired) electrons. The molecule has 7 heteroatoms. The van der Waals surface area contributed by atoms with E-state index in [9.17, 15) is 9.59 Å². The second-order valence-corrected chi connectivity index (χ2v) is 8.08. The number of carbonyl (C=O) groups excluding carboxylic acids is 2. The molecule has 0 aliphatic heterocycles. The van der Waals surface area contributed by atoms with Gasteiger partial charge in [0.1, 0.15) is 0 Å². The van der Waals surface area contributed by atoms with Crippen molar-refractivity contribution in [1.82, 2.24) is 4.90 Å². The summed E-state index contributed by atoms with van der Waals surface area (Å²) in [6.45, 7) is 5.71. The molecule has 0 aliphatic carbocycles. The van der Waals surface area contributed by atoms with Crippen LogP contribution in [-0.4, -0.2) is 35.7 Å². The van der Waals surface area contributed by atoms with E-state index in [4.69, 9.17) is 16.5 Å². The van der Waals surface area contributed by atoms with E-state index in [-0.39, 0.29) is 12.5 Å². The Morgan fingerprint density at radius 3 is 2.12 bits per heavy atom. The molecule has 0 saturated heterocycles. The molecule has 0 heterocycles. The lowest BCUT2D eigenvalue weighted by Gasteiger charge is -2.24. The summed E-state index contributed by atoms with van der Waals surface area (Å²) in [4.78, 5) is 24.8. The van der Waals surface area contributed by atoms with Crippen molar-refractivity contribution in [3.63, 3.8) is 0 Å². The highest BCUT2D eigenvalue weighted by Crippen LogP contribution is 2.49. The van der Waals surface area contributed by atoms with Crippen molar-refractivity contribution in [1.29, 1.82) is 0 Å². The third-order valence-electron chi connectivity index (χ3n) is 2.78. The van der Waals surface area contributed by atoms with Gasteiger partial charge in [-0.1, -0.05) is 13.8 Å². The molecule has 0 bridgehead atoms. The molecule has 17 heavy (non-hydrogen) atoms. The molecular weight excluding hydrogens is 277 g/mol. The topological polar surface area (TPSA) is 46.6 Å². The van der Waals surface area contributed by atoms with Crippen LogP contribution in [0.4, 0.5) is 4.79 Å². The highest BCUT2D eigenvalue weighted by molar-refractivity contribution is 8.56. The highest BCUT2D eigenvalue weighted by atomic mass is 32.9. The molecule has 0 spiro atoms. The molecule has 0 aromatic carbocycles. The van der Waals surface area contributed by atoms with Crippen LogP contribution in [0.1, 0.15) is 33.6 Å². The van der Waals surface area contributed by atoms with E-state index in [1.165, 1.54) is 7.05 Å². The number of rotatable bonds is 5. The van der Waals surface area contributed by atoms with Crippen LogP contribution in [0, 0.1) is 0 Å². The van der Waals surface area contributed by atoms with Crippen molar-refractivity contribution in [3.8, 4) is 0 Å². The van der Waals surface area contributed by atoms with Crippen molar-refractivity contribution in [2.45, 2.75) is 38.8 Å². The third kappa shape index (κ3) is 3.63. The van der Waals surface area contributed by atoms with Crippen LogP contribution >= 0.6 is 18.1 Å². The number of thiol groups is 1. The van der Waals surface area contributed by atoms with Crippen LogP contribution in [0.25, 0.3) is 0 Å². The van der Waals surface area contributed by atoms with Gasteiger partial charge in [-0.15, -0.1) is 0 Å². The number of hydrogen-bond acceptors (Lipinski definition) is 4. The molecular formula is C10H19NO3PS2+. The van der Waals surface area contributed by atoms with E-state index >= 15 is 0 Å². The van der Waals surface area contributed by atoms with E-state index in [2.05, 4.69) is 12.2 Å². The molecule has 1 atom stereocenters. The van der Waals surface area contributed by atoms with Gasteiger partial charge in [-0.2, -0.15) is 0 Å². The molecule has 4 nitrogen and oxygen atoms in total. The summed E-state index contributed by atoms with van der Waals surface area (Å²) in [5, 5.41) is -0.727.